The summed E-state index contributed by atoms with van der Waals surface area (Å²) in [6, 6.07) is 18.0. The van der Waals surface area contributed by atoms with Gasteiger partial charge in [-0.05, 0) is 67.1 Å². The molecule has 0 atom stereocenters. The van der Waals surface area contributed by atoms with E-state index in [-0.39, 0.29) is 4.90 Å². The summed E-state index contributed by atoms with van der Waals surface area (Å²) in [6.07, 6.45) is 0.773. The maximum absolute atomic E-state index is 11.2. The maximum Gasteiger partial charge on any atom is 0.238 e. The summed E-state index contributed by atoms with van der Waals surface area (Å²) in [6.45, 7) is 1.36. The first-order valence-electron chi connectivity index (χ1n) is 8.09. The summed E-state index contributed by atoms with van der Waals surface area (Å²) in [5, 5.41) is 9.09. The van der Waals surface area contributed by atoms with Crippen LogP contribution in [-0.2, 0) is 23.0 Å². The van der Waals surface area contributed by atoms with Crippen LogP contribution in [0, 0.1) is 0 Å². The van der Waals surface area contributed by atoms with Crippen molar-refractivity contribution in [2.75, 3.05) is 6.54 Å². The zero-order chi connectivity index (χ0) is 18.6. The molecule has 26 heavy (non-hydrogen) atoms. The Morgan fingerprint density at radius 3 is 2.31 bits per heavy atom. The van der Waals surface area contributed by atoms with E-state index >= 15 is 0 Å². The summed E-state index contributed by atoms with van der Waals surface area (Å²) in [5.74, 6) is 1.65. The average Bonchev–Trinajstić information content (AvgIpc) is 3.08. The van der Waals surface area contributed by atoms with Gasteiger partial charge in [0, 0.05) is 10.6 Å². The van der Waals surface area contributed by atoms with E-state index in [0.717, 1.165) is 35.6 Å². The van der Waals surface area contributed by atoms with Crippen LogP contribution in [0.4, 0.5) is 0 Å². The van der Waals surface area contributed by atoms with Crippen molar-refractivity contribution < 1.29 is 12.8 Å². The highest BCUT2D eigenvalue weighted by atomic mass is 35.5. The fourth-order valence-corrected chi connectivity index (χ4v) is 3.17. The second-order valence-corrected chi connectivity index (χ2v) is 7.89. The molecule has 7 heteroatoms. The SMILES string of the molecule is NS(=O)(=O)c1ccc(CCNCc2ccc(-c3ccc(Cl)cc3)o2)cc1. The van der Waals surface area contributed by atoms with Gasteiger partial charge in [-0.1, -0.05) is 23.7 Å². The van der Waals surface area contributed by atoms with Crippen molar-refractivity contribution in [2.24, 2.45) is 5.14 Å². The summed E-state index contributed by atoms with van der Waals surface area (Å²) in [4.78, 5) is 0.125. The van der Waals surface area contributed by atoms with Gasteiger partial charge in [0.25, 0.3) is 0 Å². The van der Waals surface area contributed by atoms with Gasteiger partial charge in [0.15, 0.2) is 0 Å². The monoisotopic (exact) mass is 390 g/mol. The maximum atomic E-state index is 11.2. The van der Waals surface area contributed by atoms with E-state index < -0.39 is 10.0 Å². The van der Waals surface area contributed by atoms with Crippen LogP contribution >= 0.6 is 11.6 Å². The van der Waals surface area contributed by atoms with Crippen LogP contribution in [0.1, 0.15) is 11.3 Å². The molecule has 0 bridgehead atoms. The molecule has 0 aliphatic heterocycles. The number of hydrogen-bond donors (Lipinski definition) is 2. The third kappa shape index (κ3) is 4.95. The molecule has 0 saturated carbocycles. The van der Waals surface area contributed by atoms with E-state index in [1.807, 2.05) is 36.4 Å². The Labute approximate surface area is 157 Å². The van der Waals surface area contributed by atoms with Crippen molar-refractivity contribution in [1.29, 1.82) is 0 Å². The zero-order valence-corrected chi connectivity index (χ0v) is 15.6. The van der Waals surface area contributed by atoms with E-state index in [1.54, 1.807) is 12.1 Å². The van der Waals surface area contributed by atoms with Crippen molar-refractivity contribution >= 4 is 21.6 Å². The number of benzene rings is 2. The number of sulfonamides is 1. The number of nitrogens with one attached hydrogen (secondary N) is 1. The van der Waals surface area contributed by atoms with Crippen LogP contribution in [0.5, 0.6) is 0 Å². The van der Waals surface area contributed by atoms with Gasteiger partial charge in [0.05, 0.1) is 11.4 Å². The van der Waals surface area contributed by atoms with Crippen molar-refractivity contribution in [3.05, 3.63) is 77.0 Å². The van der Waals surface area contributed by atoms with Crippen LogP contribution in [0.15, 0.2) is 70.0 Å². The summed E-state index contributed by atoms with van der Waals surface area (Å²) < 4.78 is 28.3. The van der Waals surface area contributed by atoms with Crippen molar-refractivity contribution in [1.82, 2.24) is 5.32 Å². The van der Waals surface area contributed by atoms with Crippen molar-refractivity contribution in [3.63, 3.8) is 0 Å². The lowest BCUT2D eigenvalue weighted by Crippen LogP contribution is -2.16. The molecule has 5 nitrogen and oxygen atoms in total. The number of rotatable bonds is 7. The summed E-state index contributed by atoms with van der Waals surface area (Å²) in [5.41, 5.74) is 2.02. The molecule has 136 valence electrons. The highest BCUT2D eigenvalue weighted by Crippen LogP contribution is 2.23. The highest BCUT2D eigenvalue weighted by Gasteiger charge is 2.07. The first-order valence-corrected chi connectivity index (χ1v) is 10.0. The van der Waals surface area contributed by atoms with Crippen molar-refractivity contribution in [3.8, 4) is 11.3 Å². The number of hydrogen-bond acceptors (Lipinski definition) is 4. The summed E-state index contributed by atoms with van der Waals surface area (Å²) >= 11 is 5.89. The van der Waals surface area contributed by atoms with Gasteiger partial charge in [0.1, 0.15) is 11.5 Å². The third-order valence-corrected chi connectivity index (χ3v) is 5.11. The van der Waals surface area contributed by atoms with Gasteiger partial charge in [-0.2, -0.15) is 0 Å². The molecule has 1 aromatic heterocycles. The van der Waals surface area contributed by atoms with Crippen LogP contribution in [0.25, 0.3) is 11.3 Å². The van der Waals surface area contributed by atoms with Crippen LogP contribution < -0.4 is 10.5 Å². The van der Waals surface area contributed by atoms with E-state index in [9.17, 15) is 8.42 Å². The minimum atomic E-state index is -3.64. The van der Waals surface area contributed by atoms with Gasteiger partial charge in [-0.15, -0.1) is 0 Å². The van der Waals surface area contributed by atoms with E-state index in [4.69, 9.17) is 21.2 Å². The lowest BCUT2D eigenvalue weighted by molar-refractivity contribution is 0.494. The molecule has 0 fully saturated rings. The molecule has 0 aliphatic carbocycles. The smallest absolute Gasteiger partial charge is 0.238 e. The second-order valence-electron chi connectivity index (χ2n) is 5.89. The standard InChI is InChI=1S/C19H19ClN2O3S/c20-16-5-3-15(4-6-16)19-10-7-17(25-19)13-22-12-11-14-1-8-18(9-2-14)26(21,23)24/h1-10,22H,11-13H2,(H2,21,23,24). The summed E-state index contributed by atoms with van der Waals surface area (Å²) in [7, 11) is -3.64. The Kier molecular flexibility index (Phi) is 5.78. The molecular weight excluding hydrogens is 372 g/mol. The molecule has 1 heterocycles. The molecule has 0 spiro atoms. The van der Waals surface area contributed by atoms with E-state index in [1.165, 1.54) is 12.1 Å². The largest absolute Gasteiger partial charge is 0.460 e. The predicted octanol–water partition coefficient (Wildman–Crippen LogP) is 3.58. The highest BCUT2D eigenvalue weighted by molar-refractivity contribution is 7.89. The molecular formula is C19H19ClN2O3S. The molecule has 0 radical (unpaired) electrons. The Balaban J connectivity index is 1.49. The molecule has 0 amide bonds. The Morgan fingerprint density at radius 1 is 0.962 bits per heavy atom. The third-order valence-electron chi connectivity index (χ3n) is 3.93. The lowest BCUT2D eigenvalue weighted by Gasteiger charge is -2.05. The normalized spacial score (nSPS) is 11.6. The molecule has 3 N–H and O–H groups in total. The topological polar surface area (TPSA) is 85.3 Å². The zero-order valence-electron chi connectivity index (χ0n) is 14.0. The Hall–Kier alpha value is -2.12. The molecule has 0 unspecified atom stereocenters. The van der Waals surface area contributed by atoms with Gasteiger partial charge < -0.3 is 9.73 Å². The Bertz CT molecular complexity index is 965. The number of nitrogens with two attached hydrogens (primary N) is 1. The minimum Gasteiger partial charge on any atom is -0.460 e. The number of primary sulfonamides is 1. The van der Waals surface area contributed by atoms with Crippen LogP contribution in [-0.4, -0.2) is 15.0 Å². The predicted molar refractivity (Wildman–Crippen MR) is 102 cm³/mol. The lowest BCUT2D eigenvalue weighted by atomic mass is 10.1. The number of furan rings is 1. The van der Waals surface area contributed by atoms with Crippen LogP contribution in [0.3, 0.4) is 0 Å². The van der Waals surface area contributed by atoms with Gasteiger partial charge in [-0.25, -0.2) is 13.6 Å². The molecule has 0 aliphatic rings. The van der Waals surface area contributed by atoms with Gasteiger partial charge in [0.2, 0.25) is 10.0 Å². The molecule has 3 aromatic rings. The Morgan fingerprint density at radius 2 is 1.65 bits per heavy atom. The number of halogens is 1. The van der Waals surface area contributed by atoms with E-state index in [0.29, 0.717) is 11.6 Å². The molecule has 3 rings (SSSR count). The first-order chi connectivity index (χ1) is 12.4. The molecule has 2 aromatic carbocycles. The van der Waals surface area contributed by atoms with Crippen molar-refractivity contribution in [2.45, 2.75) is 17.9 Å². The minimum absolute atomic E-state index is 0.125. The van der Waals surface area contributed by atoms with E-state index in [2.05, 4.69) is 5.32 Å². The van der Waals surface area contributed by atoms with Crippen LogP contribution in [0.2, 0.25) is 5.02 Å². The average molecular weight is 391 g/mol. The molecule has 0 saturated heterocycles. The quantitative estimate of drug-likeness (QED) is 0.604. The van der Waals surface area contributed by atoms with Gasteiger partial charge >= 0.3 is 0 Å². The second kappa shape index (κ2) is 8.05. The van der Waals surface area contributed by atoms with Gasteiger partial charge in [-0.3, -0.25) is 0 Å². The first kappa shape index (κ1) is 18.7. The fourth-order valence-electron chi connectivity index (χ4n) is 2.53. The fraction of sp³-hybridized carbons (Fsp3) is 0.158.